The molecule has 1 amide bonds. The lowest BCUT2D eigenvalue weighted by Gasteiger charge is -2.29. The van der Waals surface area contributed by atoms with Gasteiger partial charge in [0, 0.05) is 0 Å². The number of aliphatic hydroxyl groups is 1. The van der Waals surface area contributed by atoms with Gasteiger partial charge in [-0.2, -0.15) is 0 Å². The summed E-state index contributed by atoms with van der Waals surface area (Å²) < 4.78 is 0.639. The van der Waals surface area contributed by atoms with Crippen molar-refractivity contribution in [2.24, 2.45) is 11.8 Å². The normalized spacial score (nSPS) is 15.5. The lowest BCUT2D eigenvalue weighted by atomic mass is 10.0. The van der Waals surface area contributed by atoms with Crippen LogP contribution in [0.4, 0.5) is 5.69 Å². The van der Waals surface area contributed by atoms with Crippen LogP contribution in [-0.2, 0) is 4.79 Å². The van der Waals surface area contributed by atoms with Crippen molar-refractivity contribution in [2.45, 2.75) is 46.8 Å². The Balaban J connectivity index is 3.35. The fourth-order valence-corrected chi connectivity index (χ4v) is 3.74. The first-order valence-electron chi connectivity index (χ1n) is 8.45. The van der Waals surface area contributed by atoms with Crippen molar-refractivity contribution in [1.82, 2.24) is 0 Å². The molecular weight excluding hydrogens is 418 g/mol. The molecule has 2 N–H and O–H groups in total. The zero-order chi connectivity index (χ0) is 20.0. The van der Waals surface area contributed by atoms with Crippen LogP contribution in [0.15, 0.2) is 34.2 Å². The van der Waals surface area contributed by atoms with E-state index < -0.39 is 24.0 Å². The number of carboxylic acid groups (broad SMARTS) is 1. The maximum atomic E-state index is 13.1. The van der Waals surface area contributed by atoms with Gasteiger partial charge in [0.15, 0.2) is 0 Å². The van der Waals surface area contributed by atoms with Gasteiger partial charge >= 0.3 is 5.97 Å². The number of hydrogen-bond donors (Lipinski definition) is 2. The molecule has 3 atom stereocenters. The third-order valence-electron chi connectivity index (χ3n) is 3.62. The minimum atomic E-state index is -1.08. The number of carbonyl (C=O) groups excluding carboxylic acids is 1. The fourth-order valence-electron chi connectivity index (χ4n) is 2.32. The highest BCUT2D eigenvalue weighted by Gasteiger charge is 2.29. The van der Waals surface area contributed by atoms with E-state index in [-0.39, 0.29) is 10.8 Å². The lowest BCUT2D eigenvalue weighted by molar-refractivity contribution is -0.120. The van der Waals surface area contributed by atoms with Crippen LogP contribution in [0, 0.1) is 11.8 Å². The standard InChI is InChI=1S/C19H26BrNO4S/c1-11(2)6-7-12(3)18(23)21(13(4)8-9-14(5)22)15-10-16(20)26-17(15)19(24)25/h6-14,22H,1-5H3,(H,24,25)/b7-6+,9-8+. The van der Waals surface area contributed by atoms with E-state index in [1.165, 1.54) is 4.90 Å². The largest absolute Gasteiger partial charge is 0.477 e. The first-order chi connectivity index (χ1) is 12.0. The summed E-state index contributed by atoms with van der Waals surface area (Å²) in [6.07, 6.45) is 6.44. The lowest BCUT2D eigenvalue weighted by Crippen LogP contribution is -2.41. The Morgan fingerprint density at radius 2 is 1.73 bits per heavy atom. The zero-order valence-electron chi connectivity index (χ0n) is 15.6. The van der Waals surface area contributed by atoms with Crippen LogP contribution in [-0.4, -0.2) is 34.2 Å². The number of amides is 1. The van der Waals surface area contributed by atoms with E-state index in [1.807, 2.05) is 26.0 Å². The van der Waals surface area contributed by atoms with E-state index in [0.717, 1.165) is 11.3 Å². The number of nitrogens with zero attached hydrogens (tertiary/aromatic N) is 1. The summed E-state index contributed by atoms with van der Waals surface area (Å²) in [4.78, 5) is 26.3. The highest BCUT2D eigenvalue weighted by molar-refractivity contribution is 9.11. The van der Waals surface area contributed by atoms with Crippen molar-refractivity contribution < 1.29 is 19.8 Å². The van der Waals surface area contributed by atoms with Crippen LogP contribution in [0.3, 0.4) is 0 Å². The van der Waals surface area contributed by atoms with E-state index in [2.05, 4.69) is 15.9 Å². The Labute approximate surface area is 167 Å². The molecule has 1 rings (SSSR count). The predicted octanol–water partition coefficient (Wildman–Crippen LogP) is 4.72. The number of allylic oxidation sites excluding steroid dienone is 1. The van der Waals surface area contributed by atoms with Gasteiger partial charge in [-0.05, 0) is 41.8 Å². The van der Waals surface area contributed by atoms with Crippen LogP contribution in [0.25, 0.3) is 0 Å². The van der Waals surface area contributed by atoms with E-state index in [1.54, 1.807) is 39.0 Å². The molecule has 5 nitrogen and oxygen atoms in total. The topological polar surface area (TPSA) is 77.8 Å². The van der Waals surface area contributed by atoms with Crippen molar-refractivity contribution >= 4 is 44.8 Å². The molecule has 7 heteroatoms. The van der Waals surface area contributed by atoms with Crippen LogP contribution >= 0.6 is 27.3 Å². The van der Waals surface area contributed by atoms with Gasteiger partial charge in [-0.1, -0.05) is 45.1 Å². The third-order valence-corrected chi connectivity index (χ3v) is 5.24. The SMILES string of the molecule is CC(C)/C=C/C(C)C(=O)N(c1cc(Br)sc1C(=O)O)C(C)/C=C/C(C)O. The quantitative estimate of drug-likeness (QED) is 0.569. The summed E-state index contributed by atoms with van der Waals surface area (Å²) in [7, 11) is 0. The maximum Gasteiger partial charge on any atom is 0.348 e. The second-order valence-corrected chi connectivity index (χ2v) is 8.99. The van der Waals surface area contributed by atoms with Gasteiger partial charge in [-0.3, -0.25) is 4.79 Å². The monoisotopic (exact) mass is 443 g/mol. The summed E-state index contributed by atoms with van der Waals surface area (Å²) in [6, 6.07) is 1.24. The number of carbonyl (C=O) groups is 2. The van der Waals surface area contributed by atoms with Gasteiger partial charge in [0.25, 0.3) is 0 Å². The molecule has 1 aromatic rings. The molecule has 0 fully saturated rings. The summed E-state index contributed by atoms with van der Waals surface area (Å²) in [5.74, 6) is -1.36. The molecule has 0 spiro atoms. The number of thiophene rings is 1. The van der Waals surface area contributed by atoms with Gasteiger partial charge < -0.3 is 15.1 Å². The minimum Gasteiger partial charge on any atom is -0.477 e. The van der Waals surface area contributed by atoms with E-state index in [0.29, 0.717) is 15.4 Å². The number of rotatable bonds is 8. The molecule has 26 heavy (non-hydrogen) atoms. The predicted molar refractivity (Wildman–Crippen MR) is 110 cm³/mol. The summed E-state index contributed by atoms with van der Waals surface area (Å²) in [5.41, 5.74) is 0.354. The number of hydrogen-bond acceptors (Lipinski definition) is 4. The molecule has 0 saturated carbocycles. The van der Waals surface area contributed by atoms with Gasteiger partial charge in [0.05, 0.1) is 27.5 Å². The van der Waals surface area contributed by atoms with Gasteiger partial charge in [0.2, 0.25) is 5.91 Å². The molecule has 0 aliphatic carbocycles. The molecule has 0 aromatic carbocycles. The number of aromatic carboxylic acids is 1. The van der Waals surface area contributed by atoms with Crippen LogP contribution in [0.1, 0.15) is 44.3 Å². The number of aliphatic hydroxyl groups excluding tert-OH is 1. The molecular formula is C19H26BrNO4S. The van der Waals surface area contributed by atoms with Gasteiger partial charge in [-0.25, -0.2) is 4.79 Å². The molecule has 0 radical (unpaired) electrons. The molecule has 0 aliphatic heterocycles. The minimum absolute atomic E-state index is 0.0996. The number of anilines is 1. The molecule has 144 valence electrons. The average molecular weight is 444 g/mol. The summed E-state index contributed by atoms with van der Waals surface area (Å²) in [5, 5.41) is 19.0. The van der Waals surface area contributed by atoms with Crippen molar-refractivity contribution in [3.63, 3.8) is 0 Å². The van der Waals surface area contributed by atoms with E-state index in [4.69, 9.17) is 0 Å². The van der Waals surface area contributed by atoms with Crippen LogP contribution in [0.5, 0.6) is 0 Å². The van der Waals surface area contributed by atoms with E-state index in [9.17, 15) is 19.8 Å². The molecule has 3 unspecified atom stereocenters. The van der Waals surface area contributed by atoms with Crippen LogP contribution in [0.2, 0.25) is 0 Å². The molecule has 1 heterocycles. The van der Waals surface area contributed by atoms with Gasteiger partial charge in [0.1, 0.15) is 4.88 Å². The summed E-state index contributed by atoms with van der Waals surface area (Å²) >= 11 is 4.38. The zero-order valence-corrected chi connectivity index (χ0v) is 18.0. The second kappa shape index (κ2) is 10.0. The smallest absolute Gasteiger partial charge is 0.348 e. The van der Waals surface area contributed by atoms with E-state index >= 15 is 0 Å². The van der Waals surface area contributed by atoms with Crippen molar-refractivity contribution in [2.75, 3.05) is 4.90 Å². The Hall–Kier alpha value is -1.44. The van der Waals surface area contributed by atoms with Gasteiger partial charge in [-0.15, -0.1) is 11.3 Å². The molecule has 1 aromatic heterocycles. The van der Waals surface area contributed by atoms with Crippen LogP contribution < -0.4 is 4.90 Å². The Bertz CT molecular complexity index is 694. The molecule has 0 aliphatic rings. The third kappa shape index (κ3) is 6.37. The first kappa shape index (κ1) is 22.6. The summed E-state index contributed by atoms with van der Waals surface area (Å²) in [6.45, 7) is 9.26. The molecule has 0 saturated heterocycles. The number of carboxylic acids is 1. The Kier molecular flexibility index (Phi) is 8.73. The second-order valence-electron chi connectivity index (χ2n) is 6.56. The average Bonchev–Trinajstić information content (AvgIpc) is 2.92. The number of halogens is 1. The first-order valence-corrected chi connectivity index (χ1v) is 10.1. The van der Waals surface area contributed by atoms with Crippen molar-refractivity contribution in [3.05, 3.63) is 39.0 Å². The highest BCUT2D eigenvalue weighted by Crippen LogP contribution is 2.36. The molecule has 0 bridgehead atoms. The fraction of sp³-hybridized carbons (Fsp3) is 0.474. The maximum absolute atomic E-state index is 13.1. The Morgan fingerprint density at radius 3 is 2.23 bits per heavy atom. The highest BCUT2D eigenvalue weighted by atomic mass is 79.9. The Morgan fingerprint density at radius 1 is 1.12 bits per heavy atom. The van der Waals surface area contributed by atoms with Crippen molar-refractivity contribution in [3.8, 4) is 0 Å². The van der Waals surface area contributed by atoms with Crippen molar-refractivity contribution in [1.29, 1.82) is 0 Å².